The van der Waals surface area contributed by atoms with Gasteiger partial charge in [0, 0.05) is 0 Å². The number of unbranched alkanes of at least 4 members (excludes halogenated alkanes) is 3. The molecular formula is C13H23N3O4S2. The van der Waals surface area contributed by atoms with Crippen LogP contribution in [0.4, 0.5) is 5.13 Å². The number of thiazole rings is 1. The Labute approximate surface area is 135 Å². The van der Waals surface area contributed by atoms with Crippen molar-refractivity contribution < 1.29 is 13.5 Å². The molecule has 0 spiro atoms. The highest BCUT2D eigenvalue weighted by molar-refractivity contribution is 7.93. The van der Waals surface area contributed by atoms with Crippen molar-refractivity contribution >= 4 is 26.3 Å². The van der Waals surface area contributed by atoms with E-state index in [2.05, 4.69) is 11.9 Å². The summed E-state index contributed by atoms with van der Waals surface area (Å²) in [5.74, 6) is 0.0793. The van der Waals surface area contributed by atoms with Gasteiger partial charge in [-0.1, -0.05) is 26.2 Å². The van der Waals surface area contributed by atoms with E-state index in [9.17, 15) is 18.7 Å². The summed E-state index contributed by atoms with van der Waals surface area (Å²) >= 11 is 0.879. The first kappa shape index (κ1) is 17.8. The smallest absolute Gasteiger partial charge is 0.290 e. The molecule has 1 N–H and O–H groups in total. The fourth-order valence-electron chi connectivity index (χ4n) is 2.50. The molecule has 0 bridgehead atoms. The first-order valence-corrected chi connectivity index (χ1v) is 9.91. The normalized spacial score (nSPS) is 26.6. The van der Waals surface area contributed by atoms with E-state index in [0.717, 1.165) is 30.6 Å². The zero-order chi connectivity index (χ0) is 16.4. The van der Waals surface area contributed by atoms with Crippen LogP contribution in [-0.4, -0.2) is 55.7 Å². The maximum atomic E-state index is 12.7. The van der Waals surface area contributed by atoms with Crippen LogP contribution in [0.15, 0.2) is 10.4 Å². The summed E-state index contributed by atoms with van der Waals surface area (Å²) in [6.45, 7) is 2.40. The van der Waals surface area contributed by atoms with Gasteiger partial charge in [0.1, 0.15) is 10.9 Å². The summed E-state index contributed by atoms with van der Waals surface area (Å²) < 4.78 is 23.7. The Balaban J connectivity index is 2.11. The van der Waals surface area contributed by atoms with Gasteiger partial charge in [-0.25, -0.2) is 8.42 Å². The Hall–Kier alpha value is -0.580. The van der Waals surface area contributed by atoms with Gasteiger partial charge in [0.2, 0.25) is 6.23 Å². The van der Waals surface area contributed by atoms with Crippen molar-refractivity contribution in [2.75, 3.05) is 26.0 Å². The molecule has 1 aliphatic rings. The number of aromatic nitrogens is 1. The molecule has 2 atom stereocenters. The largest absolute Gasteiger partial charge is 0.623 e. The van der Waals surface area contributed by atoms with Gasteiger partial charge >= 0.3 is 0 Å². The highest BCUT2D eigenvalue weighted by atomic mass is 32.2. The number of aliphatic hydroxyl groups excluding tert-OH is 1. The van der Waals surface area contributed by atoms with Crippen LogP contribution in [0.25, 0.3) is 0 Å². The minimum atomic E-state index is -3.40. The van der Waals surface area contributed by atoms with Crippen molar-refractivity contribution in [1.29, 1.82) is 0 Å². The van der Waals surface area contributed by atoms with Crippen LogP contribution >= 0.6 is 11.3 Å². The van der Waals surface area contributed by atoms with Crippen LogP contribution in [0, 0.1) is 5.21 Å². The van der Waals surface area contributed by atoms with E-state index in [0.29, 0.717) is 6.42 Å². The number of β-amino-alcohol motifs (C(OH)–C–C–N with tert-alkyl or cyclic N) is 1. The maximum Gasteiger partial charge on any atom is 0.290 e. The first-order valence-electron chi connectivity index (χ1n) is 7.44. The fourth-order valence-corrected chi connectivity index (χ4v) is 5.20. The van der Waals surface area contributed by atoms with E-state index in [4.69, 9.17) is 0 Å². The summed E-state index contributed by atoms with van der Waals surface area (Å²) in [5, 5.41) is 22.7. The van der Waals surface area contributed by atoms with Crippen LogP contribution in [-0.2, 0) is 9.84 Å². The standard InChI is InChI=1S/C13H23N3O4S2/c1-3-4-5-6-7-22(19,20)12-8-14-13(21-12)16(18)10-15(2)9-11(16)17/h8,11,17H,3-7,9-10H2,1-2H3. The number of nitrogens with zero attached hydrogens (tertiary/aromatic N) is 3. The third-order valence-corrected chi connectivity index (χ3v) is 7.24. The number of rotatable bonds is 7. The van der Waals surface area contributed by atoms with E-state index < -0.39 is 20.7 Å². The number of hydrogen-bond acceptors (Lipinski definition) is 7. The second-order valence-corrected chi connectivity index (χ2v) is 9.14. The Morgan fingerprint density at radius 1 is 1.50 bits per heavy atom. The van der Waals surface area contributed by atoms with Gasteiger partial charge < -0.3 is 10.3 Å². The Morgan fingerprint density at radius 3 is 2.82 bits per heavy atom. The lowest BCUT2D eigenvalue weighted by molar-refractivity contribution is 0.0848. The van der Waals surface area contributed by atoms with Crippen LogP contribution in [0.1, 0.15) is 32.6 Å². The molecular weight excluding hydrogens is 326 g/mol. The average molecular weight is 349 g/mol. The van der Waals surface area contributed by atoms with Crippen molar-refractivity contribution in [1.82, 2.24) is 14.5 Å². The highest BCUT2D eigenvalue weighted by Crippen LogP contribution is 2.35. The quantitative estimate of drug-likeness (QED) is 0.456. The van der Waals surface area contributed by atoms with Gasteiger partial charge in [0.25, 0.3) is 5.13 Å². The molecule has 0 aliphatic carbocycles. The number of quaternary nitrogens is 1. The predicted octanol–water partition coefficient (Wildman–Crippen LogP) is 1.52. The Bertz CT molecular complexity index is 604. The van der Waals surface area contributed by atoms with Crippen LogP contribution in [0.3, 0.4) is 0 Å². The lowest BCUT2D eigenvalue weighted by Gasteiger charge is -2.36. The molecule has 1 aromatic heterocycles. The van der Waals surface area contributed by atoms with Crippen molar-refractivity contribution in [2.24, 2.45) is 0 Å². The van der Waals surface area contributed by atoms with Crippen LogP contribution < -0.4 is 4.65 Å². The lowest BCUT2D eigenvalue weighted by Crippen LogP contribution is -2.48. The maximum absolute atomic E-state index is 12.7. The van der Waals surface area contributed by atoms with Gasteiger partial charge in [-0.3, -0.25) is 9.55 Å². The third-order valence-electron chi connectivity index (χ3n) is 3.78. The van der Waals surface area contributed by atoms with Gasteiger partial charge in [0.15, 0.2) is 9.84 Å². The second-order valence-electron chi connectivity index (χ2n) is 5.80. The molecule has 1 aromatic rings. The molecule has 9 heteroatoms. The molecule has 0 amide bonds. The summed E-state index contributed by atoms with van der Waals surface area (Å²) in [5.41, 5.74) is 0. The van der Waals surface area contributed by atoms with Crippen LogP contribution in [0.2, 0.25) is 0 Å². The third kappa shape index (κ3) is 3.66. The van der Waals surface area contributed by atoms with Gasteiger partial charge in [-0.15, -0.1) is 0 Å². The zero-order valence-corrected chi connectivity index (χ0v) is 14.6. The summed E-state index contributed by atoms with van der Waals surface area (Å²) in [4.78, 5) is 5.68. The molecule has 1 saturated heterocycles. The summed E-state index contributed by atoms with van der Waals surface area (Å²) in [7, 11) is -1.66. The molecule has 1 aliphatic heterocycles. The molecule has 2 rings (SSSR count). The lowest BCUT2D eigenvalue weighted by atomic mass is 10.2. The predicted molar refractivity (Wildman–Crippen MR) is 87.0 cm³/mol. The molecule has 2 heterocycles. The van der Waals surface area contributed by atoms with Gasteiger partial charge in [-0.2, -0.15) is 4.98 Å². The first-order chi connectivity index (χ1) is 10.3. The minimum absolute atomic E-state index is 0.0741. The highest BCUT2D eigenvalue weighted by Gasteiger charge is 2.41. The fraction of sp³-hybridized carbons (Fsp3) is 0.769. The average Bonchev–Trinajstić information content (AvgIpc) is 3.02. The van der Waals surface area contributed by atoms with Gasteiger partial charge in [-0.05, 0) is 24.8 Å². The van der Waals surface area contributed by atoms with E-state index in [1.807, 2.05) is 0 Å². The van der Waals surface area contributed by atoms with E-state index in [-0.39, 0.29) is 28.3 Å². The second kappa shape index (κ2) is 6.90. The number of likely N-dealkylation sites (N-methyl/N-ethyl adjacent to an activating group) is 1. The monoisotopic (exact) mass is 349 g/mol. The SMILES string of the molecule is CCCCCCS(=O)(=O)c1cnc([N+]2([O-])CN(C)CC2O)s1. The van der Waals surface area contributed by atoms with Crippen LogP contribution in [0.5, 0.6) is 0 Å². The molecule has 2 unspecified atom stereocenters. The number of hydroxylamine groups is 2. The van der Waals surface area contributed by atoms with Crippen molar-refractivity contribution in [3.8, 4) is 0 Å². The molecule has 0 radical (unpaired) electrons. The topological polar surface area (TPSA) is 93.6 Å². The van der Waals surface area contributed by atoms with E-state index >= 15 is 0 Å². The Kier molecular flexibility index (Phi) is 5.57. The number of aliphatic hydroxyl groups is 1. The zero-order valence-electron chi connectivity index (χ0n) is 12.9. The Morgan fingerprint density at radius 2 is 2.23 bits per heavy atom. The molecule has 0 aromatic carbocycles. The molecule has 0 saturated carbocycles. The van der Waals surface area contributed by atoms with Crippen molar-refractivity contribution in [2.45, 2.75) is 43.0 Å². The number of sulfone groups is 1. The van der Waals surface area contributed by atoms with E-state index in [1.165, 1.54) is 6.20 Å². The molecule has 22 heavy (non-hydrogen) atoms. The molecule has 1 fully saturated rings. The minimum Gasteiger partial charge on any atom is -0.623 e. The number of hydrogen-bond donors (Lipinski definition) is 1. The van der Waals surface area contributed by atoms with Crippen molar-refractivity contribution in [3.63, 3.8) is 0 Å². The van der Waals surface area contributed by atoms with E-state index in [1.54, 1.807) is 11.9 Å². The van der Waals surface area contributed by atoms with Gasteiger partial charge in [0.05, 0.1) is 18.5 Å². The molecule has 126 valence electrons. The summed E-state index contributed by atoms with van der Waals surface area (Å²) in [6, 6.07) is 0. The van der Waals surface area contributed by atoms with Crippen molar-refractivity contribution in [3.05, 3.63) is 11.4 Å². The molecule has 7 nitrogen and oxygen atoms in total. The summed E-state index contributed by atoms with van der Waals surface area (Å²) in [6.07, 6.45) is 3.68.